The minimum atomic E-state index is -0.568. The van der Waals surface area contributed by atoms with Crippen LogP contribution in [0, 0.1) is 0 Å². The van der Waals surface area contributed by atoms with Crippen molar-refractivity contribution >= 4 is 47.6 Å². The van der Waals surface area contributed by atoms with Gasteiger partial charge < -0.3 is 76.9 Å². The SMILES string of the molecule is CCOC(=O)COc1c2cc(C(C)(C)C)cc1Cc1cc(C(C)(C)C)cc(c1OCC(=O)OCC)Cc1cc(C(C)(C)C)cc(c1OCC(=O)OCC)Cc1cc(C(C)(C)C)cc(c1OCC(=O)NCCCNC(=O)COc1c3cc(C(C)(C)C)cc1Cc1cc(C(C)(C)C)cc(c1OCC(=O)OCC)Cc1cc(C(C)(C)C)cc(c1OCC(=O)OCC)Cc1cc(C(C)(C)C)cc(c1OCC(=O)OCC)C3)C2. The molecule has 776 valence electrons. The van der Waals surface area contributed by atoms with Crippen LogP contribution in [-0.4, -0.2) is 153 Å². The molecule has 0 saturated heterocycles. The van der Waals surface area contributed by atoms with Crippen LogP contribution in [0.5, 0.6) is 46.0 Å². The number of benzene rings is 8. The Kier molecular flexibility index (Phi) is 37.6. The Morgan fingerprint density at radius 2 is 0.308 bits per heavy atom. The lowest BCUT2D eigenvalue weighted by atomic mass is 9.79. The minimum absolute atomic E-state index is 0.118. The van der Waals surface area contributed by atoms with Crippen molar-refractivity contribution in [1.29, 1.82) is 0 Å². The summed E-state index contributed by atoms with van der Waals surface area (Å²) >= 11 is 0. The van der Waals surface area contributed by atoms with Gasteiger partial charge in [-0.3, -0.25) is 9.59 Å². The number of fused-ring (bicyclic) bond motifs is 16. The fourth-order valence-electron chi connectivity index (χ4n) is 17.6. The maximum absolute atomic E-state index is 14.9. The number of carbonyl (C=O) groups is 8. The van der Waals surface area contributed by atoms with Gasteiger partial charge in [-0.25, -0.2) is 28.8 Å². The zero-order chi connectivity index (χ0) is 105. The first-order valence-corrected chi connectivity index (χ1v) is 50.7. The molecular weight excluding hydrogens is 1810 g/mol. The van der Waals surface area contributed by atoms with Crippen molar-refractivity contribution in [3.05, 3.63) is 231 Å². The van der Waals surface area contributed by atoms with Crippen molar-refractivity contribution in [2.24, 2.45) is 0 Å². The van der Waals surface area contributed by atoms with E-state index in [4.69, 9.17) is 66.3 Å². The summed E-state index contributed by atoms with van der Waals surface area (Å²) in [6, 6.07) is 33.8. The highest BCUT2D eigenvalue weighted by Crippen LogP contribution is 2.49. The predicted octanol–water partition coefficient (Wildman–Crippen LogP) is 21.2. The summed E-state index contributed by atoms with van der Waals surface area (Å²) in [7, 11) is 0. The Labute approximate surface area is 849 Å². The van der Waals surface area contributed by atoms with Gasteiger partial charge in [-0.15, -0.1) is 0 Å². The molecule has 0 heterocycles. The van der Waals surface area contributed by atoms with Gasteiger partial charge in [0.05, 0.1) is 39.6 Å². The molecule has 24 nitrogen and oxygen atoms in total. The number of esters is 6. The Morgan fingerprint density at radius 3 is 0.413 bits per heavy atom. The number of hydrogen-bond donors (Lipinski definition) is 2. The molecular formula is C119H158N2O22. The molecule has 10 rings (SSSR count). The van der Waals surface area contributed by atoms with Crippen molar-refractivity contribution in [2.45, 2.75) is 309 Å². The van der Waals surface area contributed by atoms with Crippen LogP contribution in [0.25, 0.3) is 0 Å². The number of ether oxygens (including phenoxy) is 14. The van der Waals surface area contributed by atoms with Gasteiger partial charge in [0.2, 0.25) is 0 Å². The van der Waals surface area contributed by atoms with Gasteiger partial charge in [-0.2, -0.15) is 0 Å². The maximum Gasteiger partial charge on any atom is 0.344 e. The van der Waals surface area contributed by atoms with Crippen molar-refractivity contribution in [3.63, 3.8) is 0 Å². The molecule has 0 aromatic heterocycles. The number of amides is 2. The molecule has 143 heavy (non-hydrogen) atoms. The Hall–Kier alpha value is -12.1. The van der Waals surface area contributed by atoms with Crippen LogP contribution >= 0.6 is 0 Å². The second kappa shape index (κ2) is 47.6. The summed E-state index contributed by atoms with van der Waals surface area (Å²) in [5.74, 6) is -0.843. The molecule has 16 bridgehead atoms. The lowest BCUT2D eigenvalue weighted by Gasteiger charge is -2.29. The summed E-state index contributed by atoms with van der Waals surface area (Å²) in [5, 5.41) is 6.17. The van der Waals surface area contributed by atoms with E-state index in [1.165, 1.54) is 0 Å². The van der Waals surface area contributed by atoms with E-state index < -0.39 is 144 Å². The number of hydrogen-bond acceptors (Lipinski definition) is 22. The molecule has 8 aromatic rings. The van der Waals surface area contributed by atoms with Gasteiger partial charge in [0.1, 0.15) is 46.0 Å². The van der Waals surface area contributed by atoms with E-state index in [2.05, 4.69) is 274 Å². The monoisotopic (exact) mass is 1970 g/mol. The first-order valence-electron chi connectivity index (χ1n) is 50.7. The summed E-state index contributed by atoms with van der Waals surface area (Å²) in [4.78, 5) is 112. The summed E-state index contributed by atoms with van der Waals surface area (Å²) in [5.41, 5.74) is 15.5. The van der Waals surface area contributed by atoms with Crippen molar-refractivity contribution in [2.75, 3.05) is 106 Å². The van der Waals surface area contributed by atoms with Crippen LogP contribution in [0.15, 0.2) is 97.1 Å². The van der Waals surface area contributed by atoms with E-state index in [1.807, 2.05) is 0 Å². The van der Waals surface area contributed by atoms with Crippen LogP contribution in [-0.2, 0) is 161 Å². The van der Waals surface area contributed by atoms with Crippen molar-refractivity contribution in [3.8, 4) is 46.0 Å². The molecule has 2 aliphatic carbocycles. The largest absolute Gasteiger partial charge is 0.483 e. The normalized spacial score (nSPS) is 13.0. The second-order valence-electron chi connectivity index (χ2n) is 45.6. The van der Waals surface area contributed by atoms with E-state index in [0.717, 1.165) is 89.0 Å². The van der Waals surface area contributed by atoms with Gasteiger partial charge in [-0.1, -0.05) is 263 Å². The Morgan fingerprint density at radius 1 is 0.196 bits per heavy atom. The Bertz CT molecular complexity index is 5300. The van der Waals surface area contributed by atoms with Crippen molar-refractivity contribution < 1.29 is 105 Å². The van der Waals surface area contributed by atoms with Gasteiger partial charge >= 0.3 is 35.8 Å². The van der Waals surface area contributed by atoms with Crippen LogP contribution in [0.4, 0.5) is 0 Å². The quantitative estimate of drug-likeness (QED) is 0.0215. The highest BCUT2D eigenvalue weighted by Gasteiger charge is 2.36. The van der Waals surface area contributed by atoms with Crippen LogP contribution in [0.2, 0.25) is 0 Å². The van der Waals surface area contributed by atoms with E-state index in [1.54, 1.807) is 41.5 Å². The smallest absolute Gasteiger partial charge is 0.344 e. The minimum Gasteiger partial charge on any atom is -0.483 e. The molecule has 0 unspecified atom stereocenters. The highest BCUT2D eigenvalue weighted by atomic mass is 16.6. The zero-order valence-electron chi connectivity index (χ0n) is 90.9. The topological polar surface area (TPSA) is 290 Å². The summed E-state index contributed by atoms with van der Waals surface area (Å²) in [6.45, 7) is 59.4. The molecule has 0 saturated carbocycles. The van der Waals surface area contributed by atoms with E-state index in [-0.39, 0.29) is 111 Å². The standard InChI is InChI=1S/C119H158N2O22/c1-31-130-98(124)66-138-106-76-40-72-48-88(112(7,8)9)49-73(41-77-53-91(115(16,17)18)57-81(107(77)139-67-99(125)131-32-2)45-85-61-94(118(25,26)27)60-84(110(85)142-70-102(128)134-35-5)44-80(106)56-90(52-76)114(13,14)15)104(72)136-64-96(122)120-38-37-39-121-97(123)65-137-105-74-42-78-54-92(116(19,20)21)58-82(108(78)140-68-100(126)132-33-3)46-86-62-95(119(28,29)30)63-87(111(86)143-71-103(129)135-36-6)47-83-59-93(117(22,23)24)55-79(109(83)141-69-101(127)133-34-4)43-75(105)51-89(50-74)113(10,11)12/h48-63H,31-47,64-71H2,1-30H3,(H,120,122)(H,121,123). The van der Waals surface area contributed by atoms with Crippen molar-refractivity contribution in [1.82, 2.24) is 10.6 Å². The molecule has 8 aromatic carbocycles. The Balaban J connectivity index is 1.07. The molecule has 2 N–H and O–H groups in total. The lowest BCUT2D eigenvalue weighted by molar-refractivity contribution is -0.146. The molecule has 0 radical (unpaired) electrons. The third-order valence-electron chi connectivity index (χ3n) is 25.4. The molecule has 2 aliphatic rings. The fraction of sp³-hybridized carbons (Fsp3) is 0.529. The first kappa shape index (κ1) is 113. The second-order valence-corrected chi connectivity index (χ2v) is 45.6. The predicted molar refractivity (Wildman–Crippen MR) is 558 cm³/mol. The van der Waals surface area contributed by atoms with Crippen LogP contribution in [0.1, 0.15) is 348 Å². The van der Waals surface area contributed by atoms with Crippen LogP contribution in [0.3, 0.4) is 0 Å². The number of nitrogens with one attached hydrogen (secondary N) is 2. The molecule has 0 fully saturated rings. The van der Waals surface area contributed by atoms with Gasteiger partial charge in [0.15, 0.2) is 52.9 Å². The van der Waals surface area contributed by atoms with Crippen LogP contribution < -0.4 is 48.5 Å². The van der Waals surface area contributed by atoms with Gasteiger partial charge in [-0.05, 0) is 225 Å². The maximum atomic E-state index is 14.9. The summed E-state index contributed by atoms with van der Waals surface area (Å²) in [6.07, 6.45) is 1.67. The number of rotatable bonds is 34. The summed E-state index contributed by atoms with van der Waals surface area (Å²) < 4.78 is 88.5. The molecule has 24 heteroatoms. The number of carbonyl (C=O) groups excluding carboxylic acids is 8. The van der Waals surface area contributed by atoms with E-state index in [0.29, 0.717) is 90.5 Å². The van der Waals surface area contributed by atoms with E-state index in [9.17, 15) is 38.4 Å². The molecule has 0 atom stereocenters. The third-order valence-corrected chi connectivity index (χ3v) is 25.4. The zero-order valence-corrected chi connectivity index (χ0v) is 90.9. The molecule has 2 amide bonds. The highest BCUT2D eigenvalue weighted by molar-refractivity contribution is 5.80. The molecule has 0 spiro atoms. The van der Waals surface area contributed by atoms with Gasteiger partial charge in [0, 0.05) is 64.5 Å². The van der Waals surface area contributed by atoms with Gasteiger partial charge in [0.25, 0.3) is 11.8 Å². The third kappa shape index (κ3) is 31.0. The van der Waals surface area contributed by atoms with E-state index >= 15 is 0 Å². The average molecular weight is 1970 g/mol. The first-order chi connectivity index (χ1) is 66.9. The average Bonchev–Trinajstić information content (AvgIpc) is 0.757. The molecule has 0 aliphatic heterocycles. The fourth-order valence-corrected chi connectivity index (χ4v) is 17.6. The lowest BCUT2D eigenvalue weighted by Crippen LogP contribution is -2.34.